The number of carbonyl (C=O) groups excluding carboxylic acids is 1. The smallest absolute Gasteiger partial charge is 0.231 e. The van der Waals surface area contributed by atoms with Crippen LogP contribution in [0.3, 0.4) is 0 Å². The van der Waals surface area contributed by atoms with Gasteiger partial charge >= 0.3 is 0 Å². The summed E-state index contributed by atoms with van der Waals surface area (Å²) in [6, 6.07) is 9.06. The first-order valence-corrected chi connectivity index (χ1v) is 7.47. The summed E-state index contributed by atoms with van der Waals surface area (Å²) in [5.41, 5.74) is 5.33. The number of anilines is 1. The second-order valence-electron chi connectivity index (χ2n) is 5.82. The van der Waals surface area contributed by atoms with E-state index >= 15 is 0 Å². The molecule has 22 heavy (non-hydrogen) atoms. The van der Waals surface area contributed by atoms with Gasteiger partial charge in [0.2, 0.25) is 5.91 Å². The van der Waals surface area contributed by atoms with Crippen LogP contribution in [0.15, 0.2) is 30.3 Å². The van der Waals surface area contributed by atoms with E-state index in [2.05, 4.69) is 12.1 Å². The number of amides is 1. The van der Waals surface area contributed by atoms with Crippen LogP contribution >= 0.6 is 0 Å². The van der Waals surface area contributed by atoms with Crippen molar-refractivity contribution >= 4 is 11.6 Å². The number of halogens is 1. The molecule has 1 amide bonds. The summed E-state index contributed by atoms with van der Waals surface area (Å²) in [4.78, 5) is 14.0. The van der Waals surface area contributed by atoms with Crippen LogP contribution in [0.5, 0.6) is 5.75 Å². The van der Waals surface area contributed by atoms with Crippen molar-refractivity contribution in [2.24, 2.45) is 0 Å². The number of benzene rings is 2. The summed E-state index contributed by atoms with van der Waals surface area (Å²) in [5.74, 6) is 0.0595. The Labute approximate surface area is 128 Å². The fourth-order valence-electron chi connectivity index (χ4n) is 3.49. The first-order chi connectivity index (χ1) is 10.7. The molecule has 2 aliphatic rings. The summed E-state index contributed by atoms with van der Waals surface area (Å²) < 4.78 is 18.7. The van der Waals surface area contributed by atoms with Gasteiger partial charge in [0.05, 0.1) is 19.2 Å². The molecule has 2 heterocycles. The number of nitrogens with zero attached hydrogens (tertiary/aromatic N) is 1. The van der Waals surface area contributed by atoms with Crippen molar-refractivity contribution in [1.29, 1.82) is 0 Å². The molecular formula is C18H16FNO2. The van der Waals surface area contributed by atoms with Gasteiger partial charge in [0.25, 0.3) is 0 Å². The van der Waals surface area contributed by atoms with Gasteiger partial charge in [-0.3, -0.25) is 4.79 Å². The Hall–Kier alpha value is -2.36. The van der Waals surface area contributed by atoms with Crippen molar-refractivity contribution in [2.75, 3.05) is 18.6 Å². The Balaban J connectivity index is 1.85. The highest BCUT2D eigenvalue weighted by molar-refractivity contribution is 6.03. The number of carbonyl (C=O) groups is 1. The molecule has 0 spiro atoms. The van der Waals surface area contributed by atoms with Gasteiger partial charge in [0.15, 0.2) is 11.6 Å². The Kier molecular flexibility index (Phi) is 2.93. The number of methoxy groups -OCH3 is 1. The molecule has 0 atom stereocenters. The van der Waals surface area contributed by atoms with Crippen LogP contribution < -0.4 is 9.64 Å². The topological polar surface area (TPSA) is 29.5 Å². The highest BCUT2D eigenvalue weighted by Crippen LogP contribution is 2.40. The minimum absolute atomic E-state index is 0.185. The molecule has 0 radical (unpaired) electrons. The van der Waals surface area contributed by atoms with Crippen molar-refractivity contribution in [3.63, 3.8) is 0 Å². The van der Waals surface area contributed by atoms with Gasteiger partial charge in [-0.15, -0.1) is 0 Å². The van der Waals surface area contributed by atoms with E-state index in [-0.39, 0.29) is 17.5 Å². The van der Waals surface area contributed by atoms with Gasteiger partial charge < -0.3 is 9.64 Å². The van der Waals surface area contributed by atoms with Gasteiger partial charge in [-0.25, -0.2) is 4.39 Å². The lowest BCUT2D eigenvalue weighted by atomic mass is 9.94. The predicted molar refractivity (Wildman–Crippen MR) is 82.8 cm³/mol. The molecule has 0 unspecified atom stereocenters. The minimum Gasteiger partial charge on any atom is -0.494 e. The molecule has 4 heteroatoms. The van der Waals surface area contributed by atoms with Crippen molar-refractivity contribution in [1.82, 2.24) is 0 Å². The van der Waals surface area contributed by atoms with Crippen LogP contribution in [-0.2, 0) is 17.6 Å². The Morgan fingerprint density at radius 3 is 2.77 bits per heavy atom. The zero-order valence-corrected chi connectivity index (χ0v) is 12.4. The van der Waals surface area contributed by atoms with E-state index in [4.69, 9.17) is 4.74 Å². The van der Waals surface area contributed by atoms with E-state index in [9.17, 15) is 9.18 Å². The maximum atomic E-state index is 13.6. The van der Waals surface area contributed by atoms with E-state index in [0.29, 0.717) is 6.42 Å². The largest absolute Gasteiger partial charge is 0.494 e. The fraction of sp³-hybridized carbons (Fsp3) is 0.278. The maximum absolute atomic E-state index is 13.6. The standard InChI is InChI=1S/C18H16FNO2/c1-22-16-9-11(4-5-15(16)19)13-7-12-3-2-6-20-17(21)10-14(8-13)18(12)20/h4-5,7-9H,2-3,6,10H2,1H3. The van der Waals surface area contributed by atoms with E-state index in [1.165, 1.54) is 18.7 Å². The average molecular weight is 297 g/mol. The lowest BCUT2D eigenvalue weighted by Gasteiger charge is -2.26. The summed E-state index contributed by atoms with van der Waals surface area (Å²) in [7, 11) is 1.46. The molecule has 0 N–H and O–H groups in total. The van der Waals surface area contributed by atoms with Crippen molar-refractivity contribution in [3.05, 3.63) is 47.3 Å². The SMILES string of the molecule is COc1cc(-c2cc3c4c(c2)CC(=O)N4CCC3)ccc1F. The number of ether oxygens (including phenoxy) is 1. The predicted octanol–water partition coefficient (Wildman–Crippen LogP) is 3.34. The Bertz CT molecular complexity index is 785. The van der Waals surface area contributed by atoms with Crippen LogP contribution in [-0.4, -0.2) is 19.6 Å². The highest BCUT2D eigenvalue weighted by atomic mass is 19.1. The third-order valence-electron chi connectivity index (χ3n) is 4.49. The zero-order chi connectivity index (χ0) is 15.3. The molecule has 0 aliphatic carbocycles. The normalized spacial score (nSPS) is 15.9. The Morgan fingerprint density at radius 2 is 1.95 bits per heavy atom. The van der Waals surface area contributed by atoms with E-state index in [1.54, 1.807) is 12.1 Å². The molecule has 2 aliphatic heterocycles. The molecule has 2 aromatic carbocycles. The van der Waals surface area contributed by atoms with Crippen LogP contribution in [0.4, 0.5) is 10.1 Å². The second-order valence-corrected chi connectivity index (χ2v) is 5.82. The van der Waals surface area contributed by atoms with Crippen molar-refractivity contribution in [2.45, 2.75) is 19.3 Å². The lowest BCUT2D eigenvalue weighted by Crippen LogP contribution is -2.31. The van der Waals surface area contributed by atoms with Crippen LogP contribution in [0.2, 0.25) is 0 Å². The molecule has 4 rings (SSSR count). The minimum atomic E-state index is -0.366. The van der Waals surface area contributed by atoms with Crippen LogP contribution in [0, 0.1) is 5.82 Å². The van der Waals surface area contributed by atoms with E-state index in [0.717, 1.165) is 41.8 Å². The van der Waals surface area contributed by atoms with Gasteiger partial charge in [-0.05, 0) is 59.4 Å². The second kappa shape index (κ2) is 4.83. The van der Waals surface area contributed by atoms with Crippen LogP contribution in [0.25, 0.3) is 11.1 Å². The van der Waals surface area contributed by atoms with Gasteiger partial charge in [0.1, 0.15) is 0 Å². The monoisotopic (exact) mass is 297 g/mol. The molecule has 0 fully saturated rings. The van der Waals surface area contributed by atoms with Gasteiger partial charge in [-0.2, -0.15) is 0 Å². The summed E-state index contributed by atoms with van der Waals surface area (Å²) in [6.45, 7) is 0.822. The van der Waals surface area contributed by atoms with E-state index < -0.39 is 0 Å². The molecule has 0 saturated carbocycles. The molecule has 0 saturated heterocycles. The molecular weight excluding hydrogens is 281 g/mol. The lowest BCUT2D eigenvalue weighted by molar-refractivity contribution is -0.117. The summed E-state index contributed by atoms with van der Waals surface area (Å²) >= 11 is 0. The first kappa shape index (κ1) is 13.3. The highest BCUT2D eigenvalue weighted by Gasteiger charge is 2.32. The van der Waals surface area contributed by atoms with Gasteiger partial charge in [-0.1, -0.05) is 6.07 Å². The van der Waals surface area contributed by atoms with Crippen molar-refractivity contribution < 1.29 is 13.9 Å². The summed E-state index contributed by atoms with van der Waals surface area (Å²) in [6.07, 6.45) is 2.45. The first-order valence-electron chi connectivity index (χ1n) is 7.47. The van der Waals surface area contributed by atoms with E-state index in [1.807, 2.05) is 4.90 Å². The number of hydrogen-bond donors (Lipinski definition) is 0. The molecule has 3 nitrogen and oxygen atoms in total. The zero-order valence-electron chi connectivity index (χ0n) is 12.4. The fourth-order valence-corrected chi connectivity index (χ4v) is 3.49. The third kappa shape index (κ3) is 1.90. The maximum Gasteiger partial charge on any atom is 0.231 e. The molecule has 2 aromatic rings. The van der Waals surface area contributed by atoms with Crippen molar-refractivity contribution in [3.8, 4) is 16.9 Å². The quantitative estimate of drug-likeness (QED) is 0.851. The average Bonchev–Trinajstić information content (AvgIpc) is 2.85. The number of rotatable bonds is 2. The molecule has 0 aromatic heterocycles. The Morgan fingerprint density at radius 1 is 1.14 bits per heavy atom. The summed E-state index contributed by atoms with van der Waals surface area (Å²) in [5, 5.41) is 0. The van der Waals surface area contributed by atoms with Gasteiger partial charge in [0, 0.05) is 6.54 Å². The molecule has 112 valence electrons. The number of aryl methyl sites for hydroxylation is 1. The molecule has 0 bridgehead atoms. The van der Waals surface area contributed by atoms with Crippen LogP contribution in [0.1, 0.15) is 17.5 Å². The third-order valence-corrected chi connectivity index (χ3v) is 4.49. The number of hydrogen-bond acceptors (Lipinski definition) is 2.